The summed E-state index contributed by atoms with van der Waals surface area (Å²) in [5, 5.41) is 3.90. The Hall–Kier alpha value is -2.70. The van der Waals surface area contributed by atoms with Crippen LogP contribution in [0.1, 0.15) is 0 Å². The molecule has 1 aromatic carbocycles. The van der Waals surface area contributed by atoms with E-state index in [2.05, 4.69) is 20.1 Å². The summed E-state index contributed by atoms with van der Waals surface area (Å²) in [4.78, 5) is 12.6. The highest BCUT2D eigenvalue weighted by atomic mass is 16.5. The molecule has 0 aliphatic carbocycles. The maximum Gasteiger partial charge on any atom is 0.258 e. The summed E-state index contributed by atoms with van der Waals surface area (Å²) in [7, 11) is 1.83. The van der Waals surface area contributed by atoms with E-state index in [1.807, 2.05) is 38.2 Å². The van der Waals surface area contributed by atoms with Gasteiger partial charge in [-0.05, 0) is 12.1 Å². The number of benzene rings is 1. The van der Waals surface area contributed by atoms with E-state index in [1.165, 1.54) is 0 Å². The second kappa shape index (κ2) is 4.53. The lowest BCUT2D eigenvalue weighted by atomic mass is 10.1. The molecule has 2 N–H and O–H groups in total. The molecule has 19 heavy (non-hydrogen) atoms. The molecule has 6 nitrogen and oxygen atoms in total. The van der Waals surface area contributed by atoms with Gasteiger partial charge in [-0.25, -0.2) is 4.98 Å². The molecule has 0 radical (unpaired) electrons. The SMILES string of the molecule is Bc1cnc(N)c(-c2noc(-c3ccccc3)n2)n1. The van der Waals surface area contributed by atoms with E-state index in [0.717, 1.165) is 11.2 Å². The molecular formula is C12H10BN5O. The Morgan fingerprint density at radius 2 is 1.89 bits per heavy atom. The average molecular weight is 251 g/mol. The molecule has 0 aliphatic heterocycles. The van der Waals surface area contributed by atoms with Crippen LogP contribution in [0.3, 0.4) is 0 Å². The lowest BCUT2D eigenvalue weighted by molar-refractivity contribution is 0.432. The van der Waals surface area contributed by atoms with E-state index in [-0.39, 0.29) is 5.82 Å². The highest BCUT2D eigenvalue weighted by Crippen LogP contribution is 2.22. The van der Waals surface area contributed by atoms with Crippen molar-refractivity contribution in [2.24, 2.45) is 0 Å². The molecule has 0 fully saturated rings. The van der Waals surface area contributed by atoms with Crippen LogP contribution in [-0.2, 0) is 0 Å². The van der Waals surface area contributed by atoms with Crippen molar-refractivity contribution in [2.45, 2.75) is 0 Å². The quantitative estimate of drug-likeness (QED) is 0.646. The molecule has 2 heterocycles. The van der Waals surface area contributed by atoms with Crippen LogP contribution in [0.2, 0.25) is 0 Å². The standard InChI is InChI=1S/C12H10BN5O/c13-8-6-15-10(14)9(16-8)11-17-12(19-18-11)7-4-2-1-3-5-7/h1-6H,13H2,(H2,14,15). The minimum absolute atomic E-state index is 0.283. The van der Waals surface area contributed by atoms with Crippen LogP contribution in [0.25, 0.3) is 23.0 Å². The molecule has 0 spiro atoms. The van der Waals surface area contributed by atoms with Gasteiger partial charge in [0, 0.05) is 17.4 Å². The van der Waals surface area contributed by atoms with E-state index in [4.69, 9.17) is 10.3 Å². The minimum Gasteiger partial charge on any atom is -0.382 e. The molecule has 0 aliphatic rings. The fourth-order valence-corrected chi connectivity index (χ4v) is 1.67. The largest absolute Gasteiger partial charge is 0.382 e. The number of aromatic nitrogens is 4. The van der Waals surface area contributed by atoms with Crippen molar-refractivity contribution < 1.29 is 4.52 Å². The number of hydrogen-bond acceptors (Lipinski definition) is 6. The van der Waals surface area contributed by atoms with Crippen LogP contribution in [0.15, 0.2) is 41.1 Å². The van der Waals surface area contributed by atoms with Gasteiger partial charge in [0.1, 0.15) is 0 Å². The summed E-state index contributed by atoms with van der Waals surface area (Å²) in [6.07, 6.45) is 1.59. The Labute approximate surface area is 110 Å². The molecule has 3 aromatic rings. The second-order valence-corrected chi connectivity index (χ2v) is 4.03. The van der Waals surface area contributed by atoms with Crippen LogP contribution in [0, 0.1) is 0 Å². The Morgan fingerprint density at radius 1 is 1.11 bits per heavy atom. The fraction of sp³-hybridized carbons (Fsp3) is 0. The Balaban J connectivity index is 2.04. The summed E-state index contributed by atoms with van der Waals surface area (Å²) < 4.78 is 5.22. The number of nitrogens with zero attached hydrogens (tertiary/aromatic N) is 4. The average Bonchev–Trinajstić information content (AvgIpc) is 2.92. The summed E-state index contributed by atoms with van der Waals surface area (Å²) in [5.41, 5.74) is 7.80. The summed E-state index contributed by atoms with van der Waals surface area (Å²) in [6, 6.07) is 9.51. The topological polar surface area (TPSA) is 90.7 Å². The molecule has 0 saturated carbocycles. The smallest absolute Gasteiger partial charge is 0.258 e. The number of anilines is 1. The third-order valence-electron chi connectivity index (χ3n) is 2.58. The maximum absolute atomic E-state index is 5.77. The van der Waals surface area contributed by atoms with E-state index in [1.54, 1.807) is 6.20 Å². The third-order valence-corrected chi connectivity index (χ3v) is 2.58. The van der Waals surface area contributed by atoms with Crippen molar-refractivity contribution >= 4 is 19.3 Å². The monoisotopic (exact) mass is 251 g/mol. The van der Waals surface area contributed by atoms with Gasteiger partial charge in [0.2, 0.25) is 5.82 Å². The predicted molar refractivity (Wildman–Crippen MR) is 73.4 cm³/mol. The molecule has 0 saturated heterocycles. The van der Waals surface area contributed by atoms with Crippen LogP contribution < -0.4 is 11.3 Å². The Bertz CT molecular complexity index is 713. The Kier molecular flexibility index (Phi) is 2.72. The zero-order valence-corrected chi connectivity index (χ0v) is 10.2. The lowest BCUT2D eigenvalue weighted by Gasteiger charge is -1.99. The van der Waals surface area contributed by atoms with Gasteiger partial charge in [-0.15, -0.1) is 0 Å². The highest BCUT2D eigenvalue weighted by Gasteiger charge is 2.14. The van der Waals surface area contributed by atoms with E-state index < -0.39 is 0 Å². The first-order chi connectivity index (χ1) is 9.24. The van der Waals surface area contributed by atoms with Crippen LogP contribution in [-0.4, -0.2) is 28.0 Å². The summed E-state index contributed by atoms with van der Waals surface area (Å²) in [6.45, 7) is 0. The highest BCUT2D eigenvalue weighted by molar-refractivity contribution is 6.30. The number of nitrogens with two attached hydrogens (primary N) is 1. The van der Waals surface area contributed by atoms with Crippen molar-refractivity contribution in [2.75, 3.05) is 5.73 Å². The number of nitrogen functional groups attached to an aromatic ring is 1. The van der Waals surface area contributed by atoms with Crippen molar-refractivity contribution in [3.05, 3.63) is 36.5 Å². The second-order valence-electron chi connectivity index (χ2n) is 4.03. The molecule has 3 rings (SSSR count). The molecule has 0 amide bonds. The van der Waals surface area contributed by atoms with Crippen molar-refractivity contribution in [1.82, 2.24) is 20.1 Å². The van der Waals surface area contributed by atoms with Gasteiger partial charge in [-0.2, -0.15) is 4.98 Å². The maximum atomic E-state index is 5.77. The van der Waals surface area contributed by atoms with Gasteiger partial charge in [-0.3, -0.25) is 4.98 Å². The number of rotatable bonds is 2. The van der Waals surface area contributed by atoms with Gasteiger partial charge < -0.3 is 10.3 Å². The van der Waals surface area contributed by atoms with Crippen molar-refractivity contribution in [3.8, 4) is 23.0 Å². The van der Waals surface area contributed by atoms with Crippen molar-refractivity contribution in [3.63, 3.8) is 0 Å². The molecule has 0 unspecified atom stereocenters. The van der Waals surface area contributed by atoms with Crippen molar-refractivity contribution in [1.29, 1.82) is 0 Å². The van der Waals surface area contributed by atoms with Gasteiger partial charge in [-0.1, -0.05) is 23.4 Å². The molecular weight excluding hydrogens is 241 g/mol. The molecule has 2 aromatic heterocycles. The first kappa shape index (κ1) is 11.4. The normalized spacial score (nSPS) is 10.5. The summed E-state index contributed by atoms with van der Waals surface area (Å²) >= 11 is 0. The molecule has 92 valence electrons. The van der Waals surface area contributed by atoms with E-state index in [0.29, 0.717) is 17.4 Å². The van der Waals surface area contributed by atoms with Gasteiger partial charge in [0.05, 0.1) is 0 Å². The lowest BCUT2D eigenvalue weighted by Crippen LogP contribution is -2.12. The van der Waals surface area contributed by atoms with Crippen LogP contribution in [0.4, 0.5) is 5.82 Å². The van der Waals surface area contributed by atoms with Crippen LogP contribution >= 0.6 is 0 Å². The Morgan fingerprint density at radius 3 is 2.68 bits per heavy atom. The third kappa shape index (κ3) is 2.17. The van der Waals surface area contributed by atoms with Gasteiger partial charge >= 0.3 is 0 Å². The summed E-state index contributed by atoms with van der Waals surface area (Å²) in [5.74, 6) is 1.05. The zero-order chi connectivity index (χ0) is 13.2. The van der Waals surface area contributed by atoms with E-state index >= 15 is 0 Å². The number of hydrogen-bond donors (Lipinski definition) is 1. The van der Waals surface area contributed by atoms with E-state index in [9.17, 15) is 0 Å². The van der Waals surface area contributed by atoms with Gasteiger partial charge in [0.15, 0.2) is 19.4 Å². The molecule has 7 heteroatoms. The van der Waals surface area contributed by atoms with Crippen LogP contribution in [0.5, 0.6) is 0 Å². The molecule has 0 bridgehead atoms. The zero-order valence-electron chi connectivity index (χ0n) is 10.2. The molecule has 0 atom stereocenters. The minimum atomic E-state index is 0.283. The first-order valence-corrected chi connectivity index (χ1v) is 5.72. The van der Waals surface area contributed by atoms with Gasteiger partial charge in [0.25, 0.3) is 5.89 Å². The fourth-order valence-electron chi connectivity index (χ4n) is 1.67. The first-order valence-electron chi connectivity index (χ1n) is 5.72. The predicted octanol–water partition coefficient (Wildman–Crippen LogP) is 0.0342.